The zero-order chi connectivity index (χ0) is 17.4. The molecule has 24 heavy (non-hydrogen) atoms. The van der Waals surface area contributed by atoms with Gasteiger partial charge in [-0.25, -0.2) is 9.18 Å². The number of nitrogens with zero attached hydrogens (tertiary/aromatic N) is 2. The Morgan fingerprint density at radius 1 is 1.38 bits per heavy atom. The van der Waals surface area contributed by atoms with Crippen LogP contribution in [0.2, 0.25) is 0 Å². The first-order valence-electron chi connectivity index (χ1n) is 9.04. The van der Waals surface area contributed by atoms with E-state index >= 15 is 0 Å². The Labute approximate surface area is 145 Å². The van der Waals surface area contributed by atoms with Crippen LogP contribution in [-0.4, -0.2) is 55.6 Å². The van der Waals surface area contributed by atoms with Gasteiger partial charge in [-0.05, 0) is 55.8 Å². The van der Waals surface area contributed by atoms with Crippen molar-refractivity contribution in [2.75, 3.05) is 39.8 Å². The molecule has 1 heterocycles. The molecular weight excluding hydrogens is 305 g/mol. The van der Waals surface area contributed by atoms with E-state index in [-0.39, 0.29) is 11.8 Å². The average Bonchev–Trinajstić information content (AvgIpc) is 2.59. The van der Waals surface area contributed by atoms with E-state index in [2.05, 4.69) is 17.1 Å². The second kappa shape index (κ2) is 9.62. The molecule has 1 aromatic rings. The second-order valence-electron chi connectivity index (χ2n) is 6.80. The molecule has 1 atom stereocenters. The van der Waals surface area contributed by atoms with Gasteiger partial charge < -0.3 is 15.1 Å². The van der Waals surface area contributed by atoms with E-state index in [0.29, 0.717) is 5.92 Å². The lowest BCUT2D eigenvalue weighted by atomic mass is 9.97. The predicted molar refractivity (Wildman–Crippen MR) is 95.6 cm³/mol. The third kappa shape index (κ3) is 6.11. The number of hydrogen-bond donors (Lipinski definition) is 1. The maximum atomic E-state index is 12.9. The van der Waals surface area contributed by atoms with Crippen LogP contribution in [0.3, 0.4) is 0 Å². The highest BCUT2D eigenvalue weighted by atomic mass is 19.1. The topological polar surface area (TPSA) is 35.6 Å². The summed E-state index contributed by atoms with van der Waals surface area (Å²) in [5, 5.41) is 2.93. The summed E-state index contributed by atoms with van der Waals surface area (Å²) < 4.78 is 12.9. The average molecular weight is 335 g/mol. The Kier molecular flexibility index (Phi) is 7.50. The van der Waals surface area contributed by atoms with Gasteiger partial charge in [0.15, 0.2) is 0 Å². The number of benzene rings is 1. The van der Waals surface area contributed by atoms with Crippen molar-refractivity contribution in [3.63, 3.8) is 0 Å². The summed E-state index contributed by atoms with van der Waals surface area (Å²) >= 11 is 0. The SMILES string of the molecule is CCCNC(=O)N(C)C[C@H]1CCCN(CCc2ccc(F)cc2)C1. The van der Waals surface area contributed by atoms with Gasteiger partial charge in [-0.1, -0.05) is 19.1 Å². The summed E-state index contributed by atoms with van der Waals surface area (Å²) in [7, 11) is 1.88. The zero-order valence-corrected chi connectivity index (χ0v) is 14.9. The van der Waals surface area contributed by atoms with E-state index in [4.69, 9.17) is 0 Å². The zero-order valence-electron chi connectivity index (χ0n) is 14.9. The van der Waals surface area contributed by atoms with E-state index < -0.39 is 0 Å². The van der Waals surface area contributed by atoms with Crippen molar-refractivity contribution < 1.29 is 9.18 Å². The third-order valence-corrected chi connectivity index (χ3v) is 4.64. The van der Waals surface area contributed by atoms with Crippen molar-refractivity contribution in [2.24, 2.45) is 5.92 Å². The molecule has 1 saturated heterocycles. The molecule has 1 fully saturated rings. The highest BCUT2D eigenvalue weighted by molar-refractivity contribution is 5.73. The first-order chi connectivity index (χ1) is 11.6. The van der Waals surface area contributed by atoms with Crippen LogP contribution in [0, 0.1) is 11.7 Å². The minimum Gasteiger partial charge on any atom is -0.338 e. The molecule has 0 aromatic heterocycles. The van der Waals surface area contributed by atoms with Crippen molar-refractivity contribution in [3.05, 3.63) is 35.6 Å². The van der Waals surface area contributed by atoms with Crippen molar-refractivity contribution in [2.45, 2.75) is 32.6 Å². The number of hydrogen-bond acceptors (Lipinski definition) is 2. The van der Waals surface area contributed by atoms with Crippen LogP contribution in [0.5, 0.6) is 0 Å². The summed E-state index contributed by atoms with van der Waals surface area (Å²) in [6.45, 7) is 6.74. The lowest BCUT2D eigenvalue weighted by molar-refractivity contribution is 0.146. The van der Waals surface area contributed by atoms with Gasteiger partial charge in [0.1, 0.15) is 5.82 Å². The van der Waals surface area contributed by atoms with Crippen LogP contribution in [0.15, 0.2) is 24.3 Å². The number of rotatable bonds is 7. The van der Waals surface area contributed by atoms with Gasteiger partial charge in [0.05, 0.1) is 0 Å². The minimum atomic E-state index is -0.179. The normalized spacial score (nSPS) is 18.4. The van der Waals surface area contributed by atoms with E-state index in [9.17, 15) is 9.18 Å². The maximum Gasteiger partial charge on any atom is 0.317 e. The minimum absolute atomic E-state index is 0.0280. The molecule has 0 saturated carbocycles. The van der Waals surface area contributed by atoms with Gasteiger partial charge in [0.25, 0.3) is 0 Å². The Morgan fingerprint density at radius 2 is 2.12 bits per heavy atom. The number of carbonyl (C=O) groups is 1. The van der Waals surface area contributed by atoms with E-state index in [1.54, 1.807) is 0 Å². The molecule has 0 aliphatic carbocycles. The van der Waals surface area contributed by atoms with Gasteiger partial charge in [0, 0.05) is 33.2 Å². The molecular formula is C19H30FN3O. The van der Waals surface area contributed by atoms with Crippen molar-refractivity contribution >= 4 is 6.03 Å². The van der Waals surface area contributed by atoms with E-state index in [0.717, 1.165) is 45.6 Å². The predicted octanol–water partition coefficient (Wildman–Crippen LogP) is 3.13. The Morgan fingerprint density at radius 3 is 2.83 bits per heavy atom. The summed E-state index contributed by atoms with van der Waals surface area (Å²) in [4.78, 5) is 16.2. The molecule has 0 unspecified atom stereocenters. The molecule has 1 aliphatic heterocycles. The van der Waals surface area contributed by atoms with Crippen LogP contribution in [-0.2, 0) is 6.42 Å². The number of nitrogens with one attached hydrogen (secondary N) is 1. The summed E-state index contributed by atoms with van der Waals surface area (Å²) in [5.41, 5.74) is 1.18. The number of carbonyl (C=O) groups excluding carboxylic acids is 1. The Balaban J connectivity index is 1.74. The molecule has 4 nitrogen and oxygen atoms in total. The fourth-order valence-corrected chi connectivity index (χ4v) is 3.28. The van der Waals surface area contributed by atoms with E-state index in [1.807, 2.05) is 24.1 Å². The van der Waals surface area contributed by atoms with Gasteiger partial charge in [-0.3, -0.25) is 0 Å². The maximum absolute atomic E-state index is 12.9. The van der Waals surface area contributed by atoms with Gasteiger partial charge >= 0.3 is 6.03 Å². The number of urea groups is 1. The smallest absolute Gasteiger partial charge is 0.317 e. The molecule has 1 aliphatic rings. The molecule has 2 rings (SSSR count). The fourth-order valence-electron chi connectivity index (χ4n) is 3.28. The van der Waals surface area contributed by atoms with Gasteiger partial charge in [-0.15, -0.1) is 0 Å². The second-order valence-corrected chi connectivity index (χ2v) is 6.80. The molecule has 1 N–H and O–H groups in total. The van der Waals surface area contributed by atoms with Gasteiger partial charge in [0.2, 0.25) is 0 Å². The van der Waals surface area contributed by atoms with E-state index in [1.165, 1.54) is 30.5 Å². The molecule has 0 spiro atoms. The van der Waals surface area contributed by atoms with Crippen molar-refractivity contribution in [3.8, 4) is 0 Å². The van der Waals surface area contributed by atoms with Crippen LogP contribution in [0.4, 0.5) is 9.18 Å². The van der Waals surface area contributed by atoms with Crippen LogP contribution in [0.25, 0.3) is 0 Å². The van der Waals surface area contributed by atoms with Crippen molar-refractivity contribution in [1.29, 1.82) is 0 Å². The molecule has 0 radical (unpaired) electrons. The summed E-state index contributed by atoms with van der Waals surface area (Å²) in [6, 6.07) is 6.81. The highest BCUT2D eigenvalue weighted by Gasteiger charge is 2.22. The summed E-state index contributed by atoms with van der Waals surface area (Å²) in [6.07, 6.45) is 4.26. The monoisotopic (exact) mass is 335 g/mol. The fraction of sp³-hybridized carbons (Fsp3) is 0.632. The Hall–Kier alpha value is -1.62. The quantitative estimate of drug-likeness (QED) is 0.831. The molecule has 1 aromatic carbocycles. The lowest BCUT2D eigenvalue weighted by Gasteiger charge is -2.34. The molecule has 5 heteroatoms. The first kappa shape index (κ1) is 18.7. The molecule has 134 valence electrons. The summed E-state index contributed by atoms with van der Waals surface area (Å²) in [5.74, 6) is 0.352. The number of likely N-dealkylation sites (tertiary alicyclic amines) is 1. The number of piperidine rings is 1. The van der Waals surface area contributed by atoms with Crippen molar-refractivity contribution in [1.82, 2.24) is 15.1 Å². The standard InChI is InChI=1S/C19H30FN3O/c1-3-11-21-19(24)22(2)14-17-5-4-12-23(15-17)13-10-16-6-8-18(20)9-7-16/h6-9,17H,3-5,10-15H2,1-2H3,(H,21,24)/t17-/m1/s1. The van der Waals surface area contributed by atoms with Crippen LogP contribution < -0.4 is 5.32 Å². The molecule has 2 amide bonds. The van der Waals surface area contributed by atoms with Gasteiger partial charge in [-0.2, -0.15) is 0 Å². The molecule has 0 bridgehead atoms. The number of amides is 2. The third-order valence-electron chi connectivity index (χ3n) is 4.64. The van der Waals surface area contributed by atoms with Crippen LogP contribution >= 0.6 is 0 Å². The highest BCUT2D eigenvalue weighted by Crippen LogP contribution is 2.18. The largest absolute Gasteiger partial charge is 0.338 e. The lowest BCUT2D eigenvalue weighted by Crippen LogP contribution is -2.45. The number of halogens is 1. The Bertz CT molecular complexity index is 506. The van der Waals surface area contributed by atoms with Crippen LogP contribution in [0.1, 0.15) is 31.7 Å². The first-order valence-corrected chi connectivity index (χ1v) is 9.04.